The molecule has 2 aromatic carbocycles. The lowest BCUT2D eigenvalue weighted by atomic mass is 9.88. The second-order valence-electron chi connectivity index (χ2n) is 8.24. The van der Waals surface area contributed by atoms with Crippen LogP contribution in [-0.4, -0.2) is 41.2 Å². The minimum absolute atomic E-state index is 0.0560. The van der Waals surface area contributed by atoms with Crippen LogP contribution in [0.5, 0.6) is 0 Å². The van der Waals surface area contributed by atoms with Crippen LogP contribution in [-0.2, 0) is 9.59 Å². The SMILES string of the molecule is CCN(C(=O)CN1C(=O)C(c2ccccc2)=NC12CCCCC2)c1cccc(C)c1. The van der Waals surface area contributed by atoms with E-state index in [1.807, 2.05) is 68.4 Å². The number of carbonyl (C=O) groups excluding carboxylic acids is 2. The summed E-state index contributed by atoms with van der Waals surface area (Å²) >= 11 is 0. The van der Waals surface area contributed by atoms with Crippen LogP contribution < -0.4 is 4.90 Å². The molecule has 156 valence electrons. The van der Waals surface area contributed by atoms with Crippen molar-refractivity contribution in [2.75, 3.05) is 18.0 Å². The van der Waals surface area contributed by atoms with Gasteiger partial charge in [0.15, 0.2) is 0 Å². The van der Waals surface area contributed by atoms with Crippen molar-refractivity contribution in [1.82, 2.24) is 4.90 Å². The first-order valence-electron chi connectivity index (χ1n) is 10.9. The summed E-state index contributed by atoms with van der Waals surface area (Å²) in [5, 5.41) is 0. The van der Waals surface area contributed by atoms with Crippen LogP contribution >= 0.6 is 0 Å². The predicted octanol–water partition coefficient (Wildman–Crippen LogP) is 4.34. The molecule has 5 heteroatoms. The fourth-order valence-electron chi connectivity index (χ4n) is 4.66. The van der Waals surface area contributed by atoms with Gasteiger partial charge >= 0.3 is 0 Å². The Morgan fingerprint density at radius 3 is 2.47 bits per heavy atom. The van der Waals surface area contributed by atoms with Crippen molar-refractivity contribution in [2.24, 2.45) is 4.99 Å². The highest BCUT2D eigenvalue weighted by Gasteiger charge is 2.48. The van der Waals surface area contributed by atoms with Gasteiger partial charge in [-0.3, -0.25) is 14.6 Å². The van der Waals surface area contributed by atoms with Gasteiger partial charge in [0.25, 0.3) is 5.91 Å². The van der Waals surface area contributed by atoms with Crippen LogP contribution in [0.15, 0.2) is 59.6 Å². The number of likely N-dealkylation sites (N-methyl/N-ethyl adjacent to an activating group) is 1. The zero-order valence-corrected chi connectivity index (χ0v) is 17.8. The van der Waals surface area contributed by atoms with Gasteiger partial charge in [0.1, 0.15) is 17.9 Å². The van der Waals surface area contributed by atoms with Gasteiger partial charge in [-0.1, -0.05) is 48.9 Å². The number of amides is 2. The minimum atomic E-state index is -0.581. The van der Waals surface area contributed by atoms with E-state index in [2.05, 4.69) is 0 Å². The van der Waals surface area contributed by atoms with Crippen molar-refractivity contribution in [3.63, 3.8) is 0 Å². The number of nitrogens with zero attached hydrogens (tertiary/aromatic N) is 3. The van der Waals surface area contributed by atoms with Gasteiger partial charge in [0, 0.05) is 17.8 Å². The highest BCUT2D eigenvalue weighted by atomic mass is 16.2. The summed E-state index contributed by atoms with van der Waals surface area (Å²) in [6.07, 6.45) is 4.84. The maximum absolute atomic E-state index is 13.4. The molecule has 2 aromatic rings. The molecule has 0 saturated heterocycles. The zero-order chi connectivity index (χ0) is 21.1. The van der Waals surface area contributed by atoms with Crippen molar-refractivity contribution in [2.45, 2.75) is 51.6 Å². The van der Waals surface area contributed by atoms with E-state index in [1.165, 1.54) is 0 Å². The minimum Gasteiger partial charge on any atom is -0.311 e. The molecule has 5 nitrogen and oxygen atoms in total. The van der Waals surface area contributed by atoms with E-state index in [0.29, 0.717) is 12.3 Å². The number of hydrogen-bond donors (Lipinski definition) is 0. The molecule has 1 heterocycles. The highest BCUT2D eigenvalue weighted by Crippen LogP contribution is 2.39. The van der Waals surface area contributed by atoms with Crippen LogP contribution in [0.2, 0.25) is 0 Å². The number of carbonyl (C=O) groups is 2. The van der Waals surface area contributed by atoms with Crippen molar-refractivity contribution in [1.29, 1.82) is 0 Å². The molecule has 0 bridgehead atoms. The Hall–Kier alpha value is -2.95. The molecule has 1 spiro atoms. The highest BCUT2D eigenvalue weighted by molar-refractivity contribution is 6.47. The third-order valence-corrected chi connectivity index (χ3v) is 6.20. The average Bonchev–Trinajstić information content (AvgIpc) is 3.01. The van der Waals surface area contributed by atoms with Crippen molar-refractivity contribution in [3.8, 4) is 0 Å². The Morgan fingerprint density at radius 1 is 1.07 bits per heavy atom. The standard InChI is InChI=1S/C25H29N3O2/c1-3-27(21-14-10-11-19(2)17-21)22(29)18-28-24(30)23(20-12-6-4-7-13-20)26-25(28)15-8-5-9-16-25/h4,6-7,10-14,17H,3,5,8-9,15-16,18H2,1-2H3. The first kappa shape index (κ1) is 20.3. The molecular weight excluding hydrogens is 374 g/mol. The number of rotatable bonds is 5. The Kier molecular flexibility index (Phi) is 5.71. The van der Waals surface area contributed by atoms with Gasteiger partial charge in [-0.15, -0.1) is 0 Å². The largest absolute Gasteiger partial charge is 0.311 e. The molecule has 0 radical (unpaired) electrons. The number of aryl methyl sites for hydroxylation is 1. The Bertz CT molecular complexity index is 961. The Balaban J connectivity index is 1.63. The van der Waals surface area contributed by atoms with Gasteiger partial charge < -0.3 is 9.80 Å². The van der Waals surface area contributed by atoms with Gasteiger partial charge in [-0.25, -0.2) is 0 Å². The van der Waals surface area contributed by atoms with E-state index in [4.69, 9.17) is 4.99 Å². The summed E-state index contributed by atoms with van der Waals surface area (Å²) < 4.78 is 0. The van der Waals surface area contributed by atoms with Crippen molar-refractivity contribution >= 4 is 23.2 Å². The van der Waals surface area contributed by atoms with Gasteiger partial charge in [0.2, 0.25) is 5.91 Å². The van der Waals surface area contributed by atoms with Gasteiger partial charge in [-0.05, 0) is 57.2 Å². The molecule has 1 aliphatic carbocycles. The van der Waals surface area contributed by atoms with Gasteiger partial charge in [0.05, 0.1) is 0 Å². The first-order chi connectivity index (χ1) is 14.5. The third kappa shape index (κ3) is 3.76. The Labute approximate surface area is 178 Å². The van der Waals surface area contributed by atoms with E-state index in [1.54, 1.807) is 9.80 Å². The summed E-state index contributed by atoms with van der Waals surface area (Å²) in [4.78, 5) is 35.2. The second-order valence-corrected chi connectivity index (χ2v) is 8.24. The molecule has 2 aliphatic rings. The summed E-state index contributed by atoms with van der Waals surface area (Å²) in [7, 11) is 0. The number of hydrogen-bond acceptors (Lipinski definition) is 3. The third-order valence-electron chi connectivity index (χ3n) is 6.20. The fraction of sp³-hybridized carbons (Fsp3) is 0.400. The van der Waals surface area contributed by atoms with Crippen LogP contribution in [0.4, 0.5) is 5.69 Å². The van der Waals surface area contributed by atoms with E-state index < -0.39 is 5.66 Å². The summed E-state index contributed by atoms with van der Waals surface area (Å²) in [5.41, 5.74) is 2.71. The molecule has 0 N–H and O–H groups in total. The van der Waals surface area contributed by atoms with Crippen LogP contribution in [0, 0.1) is 6.92 Å². The lowest BCUT2D eigenvalue weighted by Crippen LogP contribution is -2.52. The van der Waals surface area contributed by atoms with E-state index >= 15 is 0 Å². The molecule has 1 saturated carbocycles. The van der Waals surface area contributed by atoms with Crippen LogP contribution in [0.3, 0.4) is 0 Å². The maximum atomic E-state index is 13.4. The monoisotopic (exact) mass is 403 g/mol. The quantitative estimate of drug-likeness (QED) is 0.746. The molecule has 1 aliphatic heterocycles. The molecule has 0 aromatic heterocycles. The fourth-order valence-corrected chi connectivity index (χ4v) is 4.66. The normalized spacial score (nSPS) is 17.9. The molecule has 0 unspecified atom stereocenters. The second kappa shape index (κ2) is 8.42. The number of benzene rings is 2. The first-order valence-corrected chi connectivity index (χ1v) is 10.9. The number of anilines is 1. The molecular formula is C25H29N3O2. The van der Waals surface area contributed by atoms with Gasteiger partial charge in [-0.2, -0.15) is 0 Å². The molecule has 0 atom stereocenters. The molecule has 4 rings (SSSR count). The van der Waals surface area contributed by atoms with E-state index in [-0.39, 0.29) is 18.4 Å². The number of aliphatic imine (C=N–C) groups is 1. The van der Waals surface area contributed by atoms with Crippen molar-refractivity contribution < 1.29 is 9.59 Å². The molecule has 2 amide bonds. The topological polar surface area (TPSA) is 53.0 Å². The van der Waals surface area contributed by atoms with Crippen LogP contribution in [0.1, 0.15) is 50.2 Å². The predicted molar refractivity (Wildman–Crippen MR) is 120 cm³/mol. The summed E-state index contributed by atoms with van der Waals surface area (Å²) in [5.74, 6) is -0.192. The lowest BCUT2D eigenvalue weighted by molar-refractivity contribution is -0.134. The molecule has 30 heavy (non-hydrogen) atoms. The smallest absolute Gasteiger partial charge is 0.275 e. The summed E-state index contributed by atoms with van der Waals surface area (Å²) in [6.45, 7) is 4.60. The Morgan fingerprint density at radius 2 is 1.80 bits per heavy atom. The maximum Gasteiger partial charge on any atom is 0.275 e. The van der Waals surface area contributed by atoms with Crippen molar-refractivity contribution in [3.05, 3.63) is 65.7 Å². The average molecular weight is 404 g/mol. The van der Waals surface area contributed by atoms with E-state index in [0.717, 1.165) is 48.9 Å². The van der Waals surface area contributed by atoms with E-state index in [9.17, 15) is 9.59 Å². The zero-order valence-electron chi connectivity index (χ0n) is 17.8. The molecule has 1 fully saturated rings. The summed E-state index contributed by atoms with van der Waals surface area (Å²) in [6, 6.07) is 17.5. The van der Waals surface area contributed by atoms with Crippen LogP contribution in [0.25, 0.3) is 0 Å². The lowest BCUT2D eigenvalue weighted by Gasteiger charge is -2.39.